The van der Waals surface area contributed by atoms with Crippen molar-refractivity contribution in [2.24, 2.45) is 5.73 Å². The van der Waals surface area contributed by atoms with Crippen molar-refractivity contribution in [1.82, 2.24) is 5.06 Å². The first kappa shape index (κ1) is 9.70. The highest BCUT2D eigenvalue weighted by atomic mass is 16.7. The highest BCUT2D eigenvalue weighted by molar-refractivity contribution is 5.44. The number of amides is 1. The third kappa shape index (κ3) is 3.23. The third-order valence-corrected chi connectivity index (χ3v) is 1.54. The van der Waals surface area contributed by atoms with Gasteiger partial charge in [0.2, 0.25) is 6.41 Å². The Kier molecular flexibility index (Phi) is 3.95. The minimum Gasteiger partial charge on any atom is -0.312 e. The van der Waals surface area contributed by atoms with E-state index in [-0.39, 0.29) is 6.67 Å². The number of nitrogens with zero attached hydrogens (tertiary/aromatic N) is 1. The number of hydrogen-bond donors (Lipinski definition) is 1. The lowest BCUT2D eigenvalue weighted by Crippen LogP contribution is -2.28. The van der Waals surface area contributed by atoms with Gasteiger partial charge in [0.25, 0.3) is 0 Å². The molecule has 0 saturated heterocycles. The second-order valence-corrected chi connectivity index (χ2v) is 2.46. The second kappa shape index (κ2) is 5.29. The zero-order valence-electron chi connectivity index (χ0n) is 7.22. The summed E-state index contributed by atoms with van der Waals surface area (Å²) in [5.41, 5.74) is 6.22. The van der Waals surface area contributed by atoms with Gasteiger partial charge >= 0.3 is 0 Å². The minimum absolute atomic E-state index is 0.0658. The van der Waals surface area contributed by atoms with E-state index in [0.717, 1.165) is 10.6 Å². The lowest BCUT2D eigenvalue weighted by Gasteiger charge is -2.13. The van der Waals surface area contributed by atoms with E-state index in [1.54, 1.807) is 0 Å². The molecule has 0 aromatic heterocycles. The standard InChI is InChI=1S/C9H12N2O2/c10-7-11(8-12)13-6-9-4-2-1-3-5-9/h1-5,8H,6-7,10H2. The van der Waals surface area contributed by atoms with Gasteiger partial charge in [-0.25, -0.2) is 5.06 Å². The van der Waals surface area contributed by atoms with Gasteiger partial charge in [0, 0.05) is 0 Å². The molecule has 0 aliphatic rings. The van der Waals surface area contributed by atoms with Crippen LogP contribution in [-0.2, 0) is 16.2 Å². The van der Waals surface area contributed by atoms with Crippen molar-refractivity contribution in [2.45, 2.75) is 6.61 Å². The van der Waals surface area contributed by atoms with Crippen molar-refractivity contribution >= 4 is 6.41 Å². The molecule has 1 aromatic carbocycles. The highest BCUT2D eigenvalue weighted by Crippen LogP contribution is 2.00. The third-order valence-electron chi connectivity index (χ3n) is 1.54. The molecule has 0 fully saturated rings. The van der Waals surface area contributed by atoms with Crippen LogP contribution in [0.15, 0.2) is 30.3 Å². The molecule has 2 N–H and O–H groups in total. The van der Waals surface area contributed by atoms with Crippen molar-refractivity contribution in [1.29, 1.82) is 0 Å². The number of carbonyl (C=O) groups is 1. The maximum absolute atomic E-state index is 10.3. The maximum atomic E-state index is 10.3. The normalized spacial score (nSPS) is 9.62. The first-order chi connectivity index (χ1) is 6.36. The van der Waals surface area contributed by atoms with E-state index >= 15 is 0 Å². The molecule has 1 rings (SSSR count). The SMILES string of the molecule is NCN(C=O)OCc1ccccc1. The summed E-state index contributed by atoms with van der Waals surface area (Å²) in [6.07, 6.45) is 0.558. The van der Waals surface area contributed by atoms with Gasteiger partial charge < -0.3 is 5.73 Å². The van der Waals surface area contributed by atoms with E-state index < -0.39 is 0 Å². The van der Waals surface area contributed by atoms with Crippen molar-refractivity contribution in [2.75, 3.05) is 6.67 Å². The average molecular weight is 180 g/mol. The molecular formula is C9H12N2O2. The summed E-state index contributed by atoms with van der Waals surface area (Å²) in [7, 11) is 0. The second-order valence-electron chi connectivity index (χ2n) is 2.46. The Bertz CT molecular complexity index is 251. The van der Waals surface area contributed by atoms with Crippen LogP contribution in [-0.4, -0.2) is 18.1 Å². The summed E-state index contributed by atoms with van der Waals surface area (Å²) in [6, 6.07) is 9.57. The van der Waals surface area contributed by atoms with Crippen LogP contribution in [0.25, 0.3) is 0 Å². The fraction of sp³-hybridized carbons (Fsp3) is 0.222. The van der Waals surface area contributed by atoms with E-state index in [2.05, 4.69) is 0 Å². The van der Waals surface area contributed by atoms with Crippen molar-refractivity contribution in [3.63, 3.8) is 0 Å². The summed E-state index contributed by atoms with van der Waals surface area (Å²) in [4.78, 5) is 15.3. The number of nitrogens with two attached hydrogens (primary N) is 1. The van der Waals surface area contributed by atoms with E-state index in [1.165, 1.54) is 0 Å². The van der Waals surface area contributed by atoms with E-state index in [4.69, 9.17) is 10.6 Å². The zero-order chi connectivity index (χ0) is 9.52. The fourth-order valence-corrected chi connectivity index (χ4v) is 0.858. The van der Waals surface area contributed by atoms with Gasteiger partial charge in [-0.3, -0.25) is 9.63 Å². The Hall–Kier alpha value is -1.39. The van der Waals surface area contributed by atoms with Crippen LogP contribution in [0.4, 0.5) is 0 Å². The predicted molar refractivity (Wildman–Crippen MR) is 48.2 cm³/mol. The number of hydrogen-bond acceptors (Lipinski definition) is 3. The Morgan fingerprint density at radius 3 is 2.62 bits per heavy atom. The zero-order valence-corrected chi connectivity index (χ0v) is 7.22. The minimum atomic E-state index is 0.0658. The van der Waals surface area contributed by atoms with Crippen molar-refractivity contribution in [3.8, 4) is 0 Å². The van der Waals surface area contributed by atoms with Crippen LogP contribution in [0.1, 0.15) is 5.56 Å². The molecule has 0 heterocycles. The largest absolute Gasteiger partial charge is 0.312 e. The summed E-state index contributed by atoms with van der Waals surface area (Å²) >= 11 is 0. The summed E-state index contributed by atoms with van der Waals surface area (Å²) in [5, 5.41) is 1.05. The van der Waals surface area contributed by atoms with Gasteiger partial charge in [-0.2, -0.15) is 0 Å². The molecule has 4 heteroatoms. The van der Waals surface area contributed by atoms with Crippen LogP contribution in [0, 0.1) is 0 Å². The van der Waals surface area contributed by atoms with Gasteiger partial charge in [0.15, 0.2) is 0 Å². The lowest BCUT2D eigenvalue weighted by molar-refractivity contribution is -0.176. The van der Waals surface area contributed by atoms with E-state index in [1.807, 2.05) is 30.3 Å². The van der Waals surface area contributed by atoms with Gasteiger partial charge in [0.1, 0.15) is 6.61 Å². The van der Waals surface area contributed by atoms with Crippen molar-refractivity contribution in [3.05, 3.63) is 35.9 Å². The van der Waals surface area contributed by atoms with Crippen LogP contribution >= 0.6 is 0 Å². The van der Waals surface area contributed by atoms with E-state index in [0.29, 0.717) is 13.0 Å². The number of benzene rings is 1. The first-order valence-electron chi connectivity index (χ1n) is 3.95. The predicted octanol–water partition coefficient (Wildman–Crippen LogP) is 0.493. The quantitative estimate of drug-likeness (QED) is 0.407. The molecule has 0 saturated carbocycles. The molecule has 0 unspecified atom stereocenters. The Morgan fingerprint density at radius 1 is 1.38 bits per heavy atom. The molecule has 0 aliphatic carbocycles. The first-order valence-corrected chi connectivity index (χ1v) is 3.95. The average Bonchev–Trinajstić information content (AvgIpc) is 2.21. The molecular weight excluding hydrogens is 168 g/mol. The van der Waals surface area contributed by atoms with Gasteiger partial charge in [-0.1, -0.05) is 30.3 Å². The number of carbonyl (C=O) groups excluding carboxylic acids is 1. The molecule has 0 bridgehead atoms. The molecule has 13 heavy (non-hydrogen) atoms. The summed E-state index contributed by atoms with van der Waals surface area (Å²) in [6.45, 7) is 0.424. The van der Waals surface area contributed by atoms with E-state index in [9.17, 15) is 4.79 Å². The monoisotopic (exact) mass is 180 g/mol. The fourth-order valence-electron chi connectivity index (χ4n) is 0.858. The maximum Gasteiger partial charge on any atom is 0.234 e. The summed E-state index contributed by atoms with van der Waals surface area (Å²) < 4.78 is 0. The molecule has 1 amide bonds. The Balaban J connectivity index is 2.38. The molecule has 0 aliphatic heterocycles. The summed E-state index contributed by atoms with van der Waals surface area (Å²) in [5.74, 6) is 0. The van der Waals surface area contributed by atoms with Gasteiger partial charge in [-0.15, -0.1) is 0 Å². The molecule has 0 atom stereocenters. The molecule has 70 valence electrons. The van der Waals surface area contributed by atoms with Gasteiger partial charge in [-0.05, 0) is 5.56 Å². The smallest absolute Gasteiger partial charge is 0.234 e. The van der Waals surface area contributed by atoms with Crippen LogP contribution in [0.3, 0.4) is 0 Å². The lowest BCUT2D eigenvalue weighted by atomic mass is 10.2. The molecule has 0 spiro atoms. The Labute approximate surface area is 76.9 Å². The van der Waals surface area contributed by atoms with Crippen LogP contribution in [0.5, 0.6) is 0 Å². The molecule has 4 nitrogen and oxygen atoms in total. The number of rotatable bonds is 5. The Morgan fingerprint density at radius 2 is 2.08 bits per heavy atom. The van der Waals surface area contributed by atoms with Crippen LogP contribution in [0.2, 0.25) is 0 Å². The molecule has 1 aromatic rings. The molecule has 0 radical (unpaired) electrons. The topological polar surface area (TPSA) is 55.6 Å². The van der Waals surface area contributed by atoms with Gasteiger partial charge in [0.05, 0.1) is 6.67 Å². The van der Waals surface area contributed by atoms with Crippen molar-refractivity contribution < 1.29 is 9.63 Å². The highest BCUT2D eigenvalue weighted by Gasteiger charge is 1.98. The van der Waals surface area contributed by atoms with Crippen LogP contribution < -0.4 is 5.73 Å². The number of hydroxylamine groups is 2.